The van der Waals surface area contributed by atoms with Crippen LogP contribution in [0.5, 0.6) is 11.5 Å². The second-order valence-corrected chi connectivity index (χ2v) is 12.2. The molecule has 7 atom stereocenters. The van der Waals surface area contributed by atoms with Crippen molar-refractivity contribution in [2.24, 2.45) is 5.73 Å². The highest BCUT2D eigenvalue weighted by Crippen LogP contribution is 2.66. The molecule has 5 aliphatic rings. The average molecular weight is 551 g/mol. The molecule has 0 radical (unpaired) electrons. The van der Waals surface area contributed by atoms with Crippen LogP contribution in [-0.4, -0.2) is 83.4 Å². The number of nitrogens with two attached hydrogens (primary N) is 1. The monoisotopic (exact) mass is 550 g/mol. The number of ether oxygens (including phenoxy) is 2. The summed E-state index contributed by atoms with van der Waals surface area (Å²) in [5, 5.41) is 14.5. The van der Waals surface area contributed by atoms with Crippen LogP contribution in [0.4, 0.5) is 0 Å². The van der Waals surface area contributed by atoms with Crippen molar-refractivity contribution in [3.63, 3.8) is 0 Å². The average Bonchev–Trinajstić information content (AvgIpc) is 3.10. The SMILES string of the molecule is COC1=C(C)C(=O)C2=C(C1=O)[C@H](CNC(=O)[C@H](C)N)N1[C@@H](C)[C@@H]3CC4(C)c5cc(C)c(OC)c(O)c5[C@H]([C@@H]1C2)N34. The molecule has 1 amide bonds. The van der Waals surface area contributed by atoms with Gasteiger partial charge in [0, 0.05) is 52.5 Å². The van der Waals surface area contributed by atoms with Crippen molar-refractivity contribution in [1.29, 1.82) is 0 Å². The third-order valence-electron chi connectivity index (χ3n) is 10.1. The zero-order valence-corrected chi connectivity index (χ0v) is 24.1. The highest BCUT2D eigenvalue weighted by Gasteiger charge is 2.68. The Kier molecular flexibility index (Phi) is 6.00. The lowest BCUT2D eigenvalue weighted by molar-refractivity contribution is -0.184. The lowest BCUT2D eigenvalue weighted by atomic mass is 9.69. The Bertz CT molecular complexity index is 1430. The van der Waals surface area contributed by atoms with Gasteiger partial charge in [0.15, 0.2) is 23.0 Å². The van der Waals surface area contributed by atoms with Crippen molar-refractivity contribution in [2.75, 3.05) is 20.8 Å². The standard InChI is InChI=1S/C30H38N4O6/c1-12-8-17-22(26(37)27(12)39-6)23-18-9-16-21(25(36)28(40-7)13(2)24(16)35)20(11-32-29(38)14(3)31)33(18)15(4)19-10-30(17,5)34(19)23/h8,14-15,18-20,23,37H,9-11,31H2,1-7H3,(H,32,38)/t14-,15-,18-,19-,20-,23-,30?/m0/s1. The van der Waals surface area contributed by atoms with Gasteiger partial charge in [-0.25, -0.2) is 0 Å². The quantitative estimate of drug-likeness (QED) is 0.469. The van der Waals surface area contributed by atoms with E-state index in [9.17, 15) is 19.5 Å². The predicted octanol–water partition coefficient (Wildman–Crippen LogP) is 1.73. The van der Waals surface area contributed by atoms with E-state index in [1.165, 1.54) is 7.11 Å². The fraction of sp³-hybridized carbons (Fsp3) is 0.567. The van der Waals surface area contributed by atoms with Crippen LogP contribution in [0.3, 0.4) is 0 Å². The first-order chi connectivity index (χ1) is 18.9. The summed E-state index contributed by atoms with van der Waals surface area (Å²) in [6.07, 6.45) is 1.22. The van der Waals surface area contributed by atoms with Gasteiger partial charge in [-0.15, -0.1) is 0 Å². The van der Waals surface area contributed by atoms with E-state index in [0.29, 0.717) is 28.9 Å². The summed E-state index contributed by atoms with van der Waals surface area (Å²) in [4.78, 5) is 45.0. The molecule has 1 aliphatic carbocycles. The van der Waals surface area contributed by atoms with E-state index >= 15 is 0 Å². The van der Waals surface area contributed by atoms with Gasteiger partial charge in [0.25, 0.3) is 0 Å². The second kappa shape index (κ2) is 8.89. The molecule has 4 aliphatic heterocycles. The van der Waals surface area contributed by atoms with Gasteiger partial charge < -0.3 is 25.6 Å². The van der Waals surface area contributed by atoms with Crippen molar-refractivity contribution in [2.45, 2.75) is 89.3 Å². The lowest BCUT2D eigenvalue weighted by Crippen LogP contribution is -2.76. The first-order valence-corrected chi connectivity index (χ1v) is 14.0. The smallest absolute Gasteiger partial charge is 0.236 e. The van der Waals surface area contributed by atoms with E-state index in [4.69, 9.17) is 15.2 Å². The minimum absolute atomic E-state index is 0.0147. The number of aromatic hydroxyl groups is 1. The number of hydrogen-bond donors (Lipinski definition) is 3. The van der Waals surface area contributed by atoms with Crippen molar-refractivity contribution < 1.29 is 29.0 Å². The fourth-order valence-corrected chi connectivity index (χ4v) is 8.35. The molecule has 214 valence electrons. The molecule has 2 fully saturated rings. The Balaban J connectivity index is 1.53. The van der Waals surface area contributed by atoms with Gasteiger partial charge in [0.2, 0.25) is 11.7 Å². The number of allylic oxidation sites excluding steroid dienone is 2. The topological polar surface area (TPSA) is 134 Å². The van der Waals surface area contributed by atoms with Gasteiger partial charge in [-0.3, -0.25) is 24.2 Å². The van der Waals surface area contributed by atoms with E-state index < -0.39 is 12.1 Å². The van der Waals surface area contributed by atoms with Gasteiger partial charge in [0.1, 0.15) is 0 Å². The molecule has 10 heteroatoms. The van der Waals surface area contributed by atoms with Crippen LogP contribution < -0.4 is 15.8 Å². The molecule has 4 heterocycles. The molecule has 40 heavy (non-hydrogen) atoms. The summed E-state index contributed by atoms with van der Waals surface area (Å²) < 4.78 is 11.0. The maximum atomic E-state index is 13.8. The van der Waals surface area contributed by atoms with Gasteiger partial charge in [-0.05, 0) is 64.7 Å². The fourth-order valence-electron chi connectivity index (χ4n) is 8.35. The number of Topliss-reactive ketones (excluding diaryl/α,β-unsaturated/α-hetero) is 2. The molecule has 6 rings (SSSR count). The molecular weight excluding hydrogens is 512 g/mol. The summed E-state index contributed by atoms with van der Waals surface area (Å²) >= 11 is 0. The first-order valence-electron chi connectivity index (χ1n) is 14.0. The summed E-state index contributed by atoms with van der Waals surface area (Å²) in [5.41, 5.74) is 9.53. The van der Waals surface area contributed by atoms with E-state index in [-0.39, 0.29) is 65.2 Å². The number of methoxy groups -OCH3 is 2. The summed E-state index contributed by atoms with van der Waals surface area (Å²) in [7, 11) is 2.96. The number of nitrogens with zero attached hydrogens (tertiary/aromatic N) is 2. The van der Waals surface area contributed by atoms with Gasteiger partial charge in [-0.1, -0.05) is 0 Å². The van der Waals surface area contributed by atoms with Crippen LogP contribution in [0.25, 0.3) is 0 Å². The third kappa shape index (κ3) is 3.24. The molecule has 0 aromatic heterocycles. The Hall–Kier alpha value is -3.21. The summed E-state index contributed by atoms with van der Waals surface area (Å²) in [6.45, 7) is 9.67. The molecule has 0 spiro atoms. The zero-order chi connectivity index (χ0) is 29.0. The van der Waals surface area contributed by atoms with Crippen molar-refractivity contribution in [1.82, 2.24) is 15.1 Å². The molecule has 1 aromatic rings. The third-order valence-corrected chi connectivity index (χ3v) is 10.1. The number of amides is 1. The number of hydrogen-bond acceptors (Lipinski definition) is 9. The molecule has 0 saturated carbocycles. The van der Waals surface area contributed by atoms with E-state index in [1.807, 2.05) is 6.92 Å². The summed E-state index contributed by atoms with van der Waals surface area (Å²) in [6, 6.07) is 0.569. The van der Waals surface area contributed by atoms with Crippen molar-refractivity contribution in [3.8, 4) is 11.5 Å². The number of nitrogens with one attached hydrogen (secondary N) is 1. The number of phenolic OH excluding ortho intramolecular Hbond substituents is 1. The number of phenols is 1. The Morgan fingerprint density at radius 2 is 1.93 bits per heavy atom. The maximum absolute atomic E-state index is 13.8. The highest BCUT2D eigenvalue weighted by atomic mass is 16.5. The van der Waals surface area contributed by atoms with Crippen LogP contribution in [-0.2, 0) is 24.7 Å². The van der Waals surface area contributed by atoms with Gasteiger partial charge in [-0.2, -0.15) is 0 Å². The van der Waals surface area contributed by atoms with Crippen molar-refractivity contribution >= 4 is 17.5 Å². The molecule has 2 saturated heterocycles. The normalized spacial score (nSPS) is 33.5. The maximum Gasteiger partial charge on any atom is 0.236 e. The number of piperazine rings is 1. The number of benzene rings is 1. The Morgan fingerprint density at radius 3 is 2.55 bits per heavy atom. The van der Waals surface area contributed by atoms with Crippen LogP contribution in [0.15, 0.2) is 28.5 Å². The molecular formula is C30H38N4O6. The number of fused-ring (bicyclic) bond motifs is 5. The minimum atomic E-state index is -0.718. The van der Waals surface area contributed by atoms with Crippen LogP contribution in [0.1, 0.15) is 63.3 Å². The molecule has 0 bridgehead atoms. The van der Waals surface area contributed by atoms with Gasteiger partial charge in [0.05, 0.1) is 32.3 Å². The molecule has 4 N–H and O–H groups in total. The van der Waals surface area contributed by atoms with Crippen LogP contribution in [0.2, 0.25) is 0 Å². The number of aryl methyl sites for hydroxylation is 1. The lowest BCUT2D eigenvalue weighted by Gasteiger charge is -2.67. The predicted molar refractivity (Wildman–Crippen MR) is 147 cm³/mol. The molecule has 1 unspecified atom stereocenters. The van der Waals surface area contributed by atoms with Crippen LogP contribution in [0, 0.1) is 6.92 Å². The second-order valence-electron chi connectivity index (χ2n) is 12.2. The first kappa shape index (κ1) is 27.0. The van der Waals surface area contributed by atoms with Gasteiger partial charge >= 0.3 is 0 Å². The molecule has 1 aromatic carbocycles. The molecule has 10 nitrogen and oxygen atoms in total. The number of rotatable bonds is 5. The Morgan fingerprint density at radius 1 is 1.23 bits per heavy atom. The number of ketones is 2. The number of carbonyl (C=O) groups is 3. The number of carbonyl (C=O) groups excluding carboxylic acids is 3. The van der Waals surface area contributed by atoms with E-state index in [0.717, 1.165) is 23.1 Å². The highest BCUT2D eigenvalue weighted by molar-refractivity contribution is 6.25. The van der Waals surface area contributed by atoms with E-state index in [2.05, 4.69) is 35.0 Å². The van der Waals surface area contributed by atoms with Crippen molar-refractivity contribution in [3.05, 3.63) is 45.2 Å². The zero-order valence-electron chi connectivity index (χ0n) is 24.1. The van der Waals surface area contributed by atoms with Crippen LogP contribution >= 0.6 is 0 Å². The summed E-state index contributed by atoms with van der Waals surface area (Å²) in [5.74, 6) is -0.207. The van der Waals surface area contributed by atoms with E-state index in [1.54, 1.807) is 21.0 Å². The Labute approximate surface area is 234 Å². The minimum Gasteiger partial charge on any atom is -0.504 e. The largest absolute Gasteiger partial charge is 0.504 e.